The van der Waals surface area contributed by atoms with E-state index in [9.17, 15) is 19.1 Å². The number of nitrogens with one attached hydrogen (secondary N) is 1. The molecule has 3 aromatic rings. The molecule has 0 aliphatic rings. The van der Waals surface area contributed by atoms with E-state index < -0.39 is 17.2 Å². The Labute approximate surface area is 154 Å². The Morgan fingerprint density at radius 1 is 1.15 bits per heavy atom. The molecule has 27 heavy (non-hydrogen) atoms. The van der Waals surface area contributed by atoms with Crippen LogP contribution in [0.3, 0.4) is 0 Å². The summed E-state index contributed by atoms with van der Waals surface area (Å²) in [6, 6.07) is 9.28. The highest BCUT2D eigenvalue weighted by atomic mass is 19.1. The zero-order chi connectivity index (χ0) is 19.7. The minimum atomic E-state index is -0.719. The van der Waals surface area contributed by atoms with Crippen LogP contribution in [-0.4, -0.2) is 25.1 Å². The minimum Gasteiger partial charge on any atom is -0.501 e. The lowest BCUT2D eigenvalue weighted by molar-refractivity contribution is 0.0942. The molecular formula is C19H19FN4O3. The Bertz CT molecular complexity index is 1070. The molecule has 1 aromatic carbocycles. The highest BCUT2D eigenvalue weighted by Gasteiger charge is 2.21. The van der Waals surface area contributed by atoms with Gasteiger partial charge in [0.1, 0.15) is 5.82 Å². The van der Waals surface area contributed by atoms with Crippen LogP contribution in [0.25, 0.3) is 11.5 Å². The van der Waals surface area contributed by atoms with Crippen molar-refractivity contribution in [2.24, 2.45) is 14.1 Å². The van der Waals surface area contributed by atoms with Crippen molar-refractivity contribution in [1.29, 1.82) is 0 Å². The first-order valence-corrected chi connectivity index (χ1v) is 8.25. The summed E-state index contributed by atoms with van der Waals surface area (Å²) in [6.45, 7) is 2.01. The lowest BCUT2D eigenvalue weighted by Crippen LogP contribution is -2.29. The summed E-state index contributed by atoms with van der Waals surface area (Å²) in [6.07, 6.45) is 0. The van der Waals surface area contributed by atoms with Crippen LogP contribution >= 0.6 is 0 Å². The van der Waals surface area contributed by atoms with Gasteiger partial charge in [-0.2, -0.15) is 0 Å². The number of amides is 1. The first-order valence-electron chi connectivity index (χ1n) is 8.25. The predicted octanol–water partition coefficient (Wildman–Crippen LogP) is 1.87. The number of halogens is 1. The first-order chi connectivity index (χ1) is 12.8. The van der Waals surface area contributed by atoms with E-state index >= 15 is 0 Å². The molecule has 8 heteroatoms. The summed E-state index contributed by atoms with van der Waals surface area (Å²) < 4.78 is 16.0. The van der Waals surface area contributed by atoms with Gasteiger partial charge >= 0.3 is 0 Å². The normalized spacial score (nSPS) is 10.8. The maximum absolute atomic E-state index is 13.0. The topological polar surface area (TPSA) is 89.2 Å². The molecule has 0 saturated carbocycles. The van der Waals surface area contributed by atoms with Gasteiger partial charge in [0.05, 0.1) is 5.69 Å². The number of aromatic nitrogens is 3. The van der Waals surface area contributed by atoms with Crippen LogP contribution in [0.4, 0.5) is 4.39 Å². The molecule has 3 rings (SSSR count). The summed E-state index contributed by atoms with van der Waals surface area (Å²) in [5.74, 6) is -1.52. The fourth-order valence-corrected chi connectivity index (χ4v) is 2.68. The van der Waals surface area contributed by atoms with E-state index in [-0.39, 0.29) is 23.9 Å². The SMILES string of the molecule is Cc1ccc(-c2nc(C(=O)NCc3ccc(F)cc3)c(O)c(=O)n2C)n1C. The van der Waals surface area contributed by atoms with Crippen LogP contribution < -0.4 is 10.9 Å². The average molecular weight is 370 g/mol. The Morgan fingerprint density at radius 2 is 1.81 bits per heavy atom. The largest absolute Gasteiger partial charge is 0.501 e. The van der Waals surface area contributed by atoms with Gasteiger partial charge in [-0.1, -0.05) is 12.1 Å². The van der Waals surface area contributed by atoms with E-state index in [1.54, 1.807) is 6.07 Å². The van der Waals surface area contributed by atoms with E-state index in [2.05, 4.69) is 10.3 Å². The highest BCUT2D eigenvalue weighted by molar-refractivity contribution is 5.95. The maximum Gasteiger partial charge on any atom is 0.296 e. The number of carbonyl (C=O) groups is 1. The van der Waals surface area contributed by atoms with Crippen molar-refractivity contribution in [1.82, 2.24) is 19.4 Å². The van der Waals surface area contributed by atoms with Crippen molar-refractivity contribution in [3.8, 4) is 17.3 Å². The number of aryl methyl sites for hydroxylation is 1. The van der Waals surface area contributed by atoms with Crippen molar-refractivity contribution in [3.05, 3.63) is 69.5 Å². The van der Waals surface area contributed by atoms with Crippen molar-refractivity contribution in [2.45, 2.75) is 13.5 Å². The lowest BCUT2D eigenvalue weighted by Gasteiger charge is -2.13. The molecule has 2 heterocycles. The van der Waals surface area contributed by atoms with E-state index in [0.29, 0.717) is 11.3 Å². The van der Waals surface area contributed by atoms with Crippen LogP contribution in [-0.2, 0) is 20.6 Å². The molecule has 0 atom stereocenters. The second-order valence-corrected chi connectivity index (χ2v) is 6.22. The third-order valence-electron chi connectivity index (χ3n) is 4.45. The van der Waals surface area contributed by atoms with Crippen LogP contribution in [0.1, 0.15) is 21.7 Å². The molecule has 0 aliphatic heterocycles. The molecule has 0 spiro atoms. The molecule has 7 nitrogen and oxygen atoms in total. The fourth-order valence-electron chi connectivity index (χ4n) is 2.68. The number of rotatable bonds is 4. The predicted molar refractivity (Wildman–Crippen MR) is 97.9 cm³/mol. The van der Waals surface area contributed by atoms with Gasteiger partial charge < -0.3 is 15.0 Å². The molecular weight excluding hydrogens is 351 g/mol. The van der Waals surface area contributed by atoms with Gasteiger partial charge in [-0.05, 0) is 36.8 Å². The van der Waals surface area contributed by atoms with Crippen molar-refractivity contribution < 1.29 is 14.3 Å². The fraction of sp³-hybridized carbons (Fsp3) is 0.211. The quantitative estimate of drug-likeness (QED) is 0.734. The van der Waals surface area contributed by atoms with Gasteiger partial charge in [-0.25, -0.2) is 9.37 Å². The Hall–Kier alpha value is -3.42. The van der Waals surface area contributed by atoms with Gasteiger partial charge in [0, 0.05) is 26.3 Å². The Balaban J connectivity index is 1.95. The number of benzene rings is 1. The zero-order valence-corrected chi connectivity index (χ0v) is 15.2. The third kappa shape index (κ3) is 3.46. The molecule has 140 valence electrons. The summed E-state index contributed by atoms with van der Waals surface area (Å²) >= 11 is 0. The highest BCUT2D eigenvalue weighted by Crippen LogP contribution is 2.21. The summed E-state index contributed by atoms with van der Waals surface area (Å²) in [4.78, 5) is 29.1. The summed E-state index contributed by atoms with van der Waals surface area (Å²) in [5.41, 5.74) is 1.19. The molecule has 0 aliphatic carbocycles. The van der Waals surface area contributed by atoms with Gasteiger partial charge in [-0.3, -0.25) is 14.2 Å². The van der Waals surface area contributed by atoms with E-state index in [1.807, 2.05) is 24.6 Å². The van der Waals surface area contributed by atoms with E-state index in [1.165, 1.54) is 35.9 Å². The second-order valence-electron chi connectivity index (χ2n) is 6.22. The molecule has 0 fully saturated rings. The molecule has 0 saturated heterocycles. The number of aromatic hydroxyl groups is 1. The van der Waals surface area contributed by atoms with Crippen LogP contribution in [0.2, 0.25) is 0 Å². The van der Waals surface area contributed by atoms with Gasteiger partial charge in [0.15, 0.2) is 11.5 Å². The third-order valence-corrected chi connectivity index (χ3v) is 4.45. The van der Waals surface area contributed by atoms with Gasteiger partial charge in [-0.15, -0.1) is 0 Å². The standard InChI is InChI=1S/C19H19FN4O3/c1-11-4-9-14(23(11)2)17-22-15(16(25)19(27)24(17)3)18(26)21-10-12-5-7-13(20)8-6-12/h4-9,25H,10H2,1-3H3,(H,21,26). The van der Waals surface area contributed by atoms with Crippen molar-refractivity contribution in [3.63, 3.8) is 0 Å². The number of hydrogen-bond donors (Lipinski definition) is 2. The van der Waals surface area contributed by atoms with E-state index in [4.69, 9.17) is 0 Å². The molecule has 0 unspecified atom stereocenters. The molecule has 0 radical (unpaired) electrons. The molecule has 0 bridgehead atoms. The minimum absolute atomic E-state index is 0.105. The summed E-state index contributed by atoms with van der Waals surface area (Å²) in [7, 11) is 3.30. The van der Waals surface area contributed by atoms with Crippen LogP contribution in [0, 0.1) is 12.7 Å². The van der Waals surface area contributed by atoms with Gasteiger partial charge in [0.2, 0.25) is 5.75 Å². The molecule has 1 amide bonds. The number of hydrogen-bond acceptors (Lipinski definition) is 4. The van der Waals surface area contributed by atoms with Crippen LogP contribution in [0.15, 0.2) is 41.2 Å². The Morgan fingerprint density at radius 3 is 2.41 bits per heavy atom. The first kappa shape index (κ1) is 18.4. The van der Waals surface area contributed by atoms with Crippen molar-refractivity contribution in [2.75, 3.05) is 0 Å². The summed E-state index contributed by atoms with van der Waals surface area (Å²) in [5, 5.41) is 12.7. The van der Waals surface area contributed by atoms with E-state index in [0.717, 1.165) is 5.69 Å². The zero-order valence-electron chi connectivity index (χ0n) is 15.2. The monoisotopic (exact) mass is 370 g/mol. The van der Waals surface area contributed by atoms with Crippen LogP contribution in [0.5, 0.6) is 5.75 Å². The smallest absolute Gasteiger partial charge is 0.296 e. The van der Waals surface area contributed by atoms with Crippen molar-refractivity contribution >= 4 is 5.91 Å². The average Bonchev–Trinajstić information content (AvgIpc) is 2.98. The number of carbonyl (C=O) groups excluding carboxylic acids is 1. The second kappa shape index (κ2) is 7.06. The Kier molecular flexibility index (Phi) is 4.81. The molecule has 2 N–H and O–H groups in total. The molecule has 2 aromatic heterocycles. The maximum atomic E-state index is 13.0. The van der Waals surface area contributed by atoms with Gasteiger partial charge in [0.25, 0.3) is 11.5 Å². The lowest BCUT2D eigenvalue weighted by atomic mass is 10.2. The number of nitrogens with zero attached hydrogens (tertiary/aromatic N) is 3.